The lowest BCUT2D eigenvalue weighted by Gasteiger charge is -2.07. The molecule has 2 atom stereocenters. The van der Waals surface area contributed by atoms with Gasteiger partial charge in [0.15, 0.2) is 0 Å². The van der Waals surface area contributed by atoms with Crippen LogP contribution < -0.4 is 0 Å². The van der Waals surface area contributed by atoms with Crippen molar-refractivity contribution in [2.24, 2.45) is 0 Å². The van der Waals surface area contributed by atoms with E-state index in [1.54, 1.807) is 11.8 Å². The van der Waals surface area contributed by atoms with Crippen molar-refractivity contribution in [2.45, 2.75) is 24.9 Å². The highest BCUT2D eigenvalue weighted by molar-refractivity contribution is 7.99. The maximum atomic E-state index is 9.04. The zero-order chi connectivity index (χ0) is 6.69. The highest BCUT2D eigenvalue weighted by atomic mass is 32.2. The molecule has 2 unspecified atom stereocenters. The quantitative estimate of drug-likeness (QED) is 0.552. The summed E-state index contributed by atoms with van der Waals surface area (Å²) in [5.74, 6) is 1.02. The van der Waals surface area contributed by atoms with Crippen molar-refractivity contribution in [3.05, 3.63) is 0 Å². The third kappa shape index (κ3) is 2.56. The van der Waals surface area contributed by atoms with E-state index < -0.39 is 0 Å². The number of aliphatic hydroxyl groups is 1. The van der Waals surface area contributed by atoms with Gasteiger partial charge in [-0.2, -0.15) is 0 Å². The molecule has 0 aromatic heterocycles. The van der Waals surface area contributed by atoms with Gasteiger partial charge in [0.25, 0.3) is 0 Å². The Morgan fingerprint density at radius 1 is 1.67 bits per heavy atom. The largest absolute Gasteiger partial charge is 0.380 e. The summed E-state index contributed by atoms with van der Waals surface area (Å²) >= 11 is 1.57. The molecule has 3 heteroatoms. The lowest BCUT2D eigenvalue weighted by atomic mass is 10.3. The van der Waals surface area contributed by atoms with E-state index in [2.05, 4.69) is 0 Å². The first kappa shape index (κ1) is 7.38. The van der Waals surface area contributed by atoms with Gasteiger partial charge in [-0.15, -0.1) is 11.8 Å². The third-order valence-electron chi connectivity index (χ3n) is 1.36. The monoisotopic (exact) mass is 148 g/mol. The van der Waals surface area contributed by atoms with Crippen molar-refractivity contribution in [1.82, 2.24) is 0 Å². The lowest BCUT2D eigenvalue weighted by Crippen LogP contribution is -2.12. The van der Waals surface area contributed by atoms with Gasteiger partial charge in [-0.3, -0.25) is 0 Å². The summed E-state index contributed by atoms with van der Waals surface area (Å²) in [6.45, 7) is 2.53. The van der Waals surface area contributed by atoms with Gasteiger partial charge in [0.2, 0.25) is 0 Å². The van der Waals surface area contributed by atoms with E-state index in [0.29, 0.717) is 12.7 Å². The van der Waals surface area contributed by atoms with Crippen molar-refractivity contribution in [2.75, 3.05) is 12.4 Å². The minimum atomic E-state index is -0.296. The second-order valence-corrected chi connectivity index (χ2v) is 3.54. The van der Waals surface area contributed by atoms with Crippen LogP contribution in [0.25, 0.3) is 0 Å². The smallest absolute Gasteiger partial charge is 0.123 e. The van der Waals surface area contributed by atoms with Crippen LogP contribution >= 0.6 is 11.8 Å². The fraction of sp³-hybridized carbons (Fsp3) is 1.00. The number of ether oxygens (including phenoxy) is 1. The number of hydrogen-bond donors (Lipinski definition) is 1. The number of rotatable bonds is 0. The second-order valence-electron chi connectivity index (χ2n) is 2.26. The molecule has 1 saturated heterocycles. The third-order valence-corrected chi connectivity index (χ3v) is 2.35. The molecule has 0 aliphatic carbocycles. The summed E-state index contributed by atoms with van der Waals surface area (Å²) < 4.78 is 5.24. The Labute approximate surface area is 59.6 Å². The van der Waals surface area contributed by atoms with Gasteiger partial charge in [-0.25, -0.2) is 0 Å². The maximum Gasteiger partial charge on any atom is 0.123 e. The van der Waals surface area contributed by atoms with E-state index in [0.717, 1.165) is 12.2 Å². The van der Waals surface area contributed by atoms with E-state index in [9.17, 15) is 0 Å². The molecule has 0 saturated carbocycles. The van der Waals surface area contributed by atoms with Gasteiger partial charge < -0.3 is 9.84 Å². The molecule has 1 fully saturated rings. The first-order valence-corrected chi connectivity index (χ1v) is 4.25. The highest BCUT2D eigenvalue weighted by Crippen LogP contribution is 2.17. The van der Waals surface area contributed by atoms with Crippen LogP contribution in [-0.2, 0) is 4.74 Å². The SMILES string of the molecule is CC1CCSC(O)CO1. The fourth-order valence-electron chi connectivity index (χ4n) is 0.748. The Morgan fingerprint density at radius 2 is 2.44 bits per heavy atom. The van der Waals surface area contributed by atoms with Crippen molar-refractivity contribution < 1.29 is 9.84 Å². The van der Waals surface area contributed by atoms with Crippen LogP contribution in [0.1, 0.15) is 13.3 Å². The Bertz CT molecular complexity index is 77.1. The summed E-state index contributed by atoms with van der Waals surface area (Å²) in [5, 5.41) is 9.04. The zero-order valence-corrected chi connectivity index (χ0v) is 6.36. The van der Waals surface area contributed by atoms with Crippen molar-refractivity contribution in [3.63, 3.8) is 0 Å². The Kier molecular flexibility index (Phi) is 2.82. The van der Waals surface area contributed by atoms with Crippen LogP contribution in [0.3, 0.4) is 0 Å². The van der Waals surface area contributed by atoms with Crippen molar-refractivity contribution in [1.29, 1.82) is 0 Å². The maximum absolute atomic E-state index is 9.04. The first-order chi connectivity index (χ1) is 4.29. The molecule has 1 heterocycles. The van der Waals surface area contributed by atoms with Crippen LogP contribution in [0.5, 0.6) is 0 Å². The van der Waals surface area contributed by atoms with Gasteiger partial charge in [0, 0.05) is 0 Å². The predicted octanol–water partition coefficient (Wildman–Crippen LogP) is 0.847. The van der Waals surface area contributed by atoms with E-state index in [1.165, 1.54) is 0 Å². The van der Waals surface area contributed by atoms with E-state index >= 15 is 0 Å². The average molecular weight is 148 g/mol. The first-order valence-electron chi connectivity index (χ1n) is 3.20. The summed E-state index contributed by atoms with van der Waals surface area (Å²) in [7, 11) is 0. The van der Waals surface area contributed by atoms with E-state index in [-0.39, 0.29) is 5.44 Å². The standard InChI is InChI=1S/C6H12O2S/c1-5-2-3-9-6(7)4-8-5/h5-7H,2-4H2,1H3. The molecule has 2 nitrogen and oxygen atoms in total. The molecular weight excluding hydrogens is 136 g/mol. The van der Waals surface area contributed by atoms with E-state index in [4.69, 9.17) is 9.84 Å². The summed E-state index contributed by atoms with van der Waals surface area (Å²) in [5.41, 5.74) is -0.296. The molecule has 0 aromatic rings. The molecule has 54 valence electrons. The molecule has 0 aromatic carbocycles. The highest BCUT2D eigenvalue weighted by Gasteiger charge is 2.13. The van der Waals surface area contributed by atoms with Crippen LogP contribution in [0.15, 0.2) is 0 Å². The van der Waals surface area contributed by atoms with Gasteiger partial charge >= 0.3 is 0 Å². The van der Waals surface area contributed by atoms with Crippen molar-refractivity contribution in [3.8, 4) is 0 Å². The predicted molar refractivity (Wildman–Crippen MR) is 38.5 cm³/mol. The van der Waals surface area contributed by atoms with Gasteiger partial charge in [-0.1, -0.05) is 0 Å². The zero-order valence-electron chi connectivity index (χ0n) is 5.54. The Hall–Kier alpha value is 0.270. The number of thioether (sulfide) groups is 1. The summed E-state index contributed by atoms with van der Waals surface area (Å²) in [6, 6.07) is 0. The van der Waals surface area contributed by atoms with Crippen molar-refractivity contribution >= 4 is 11.8 Å². The van der Waals surface area contributed by atoms with Crippen LogP contribution in [0.4, 0.5) is 0 Å². The van der Waals surface area contributed by atoms with Crippen LogP contribution in [0.2, 0.25) is 0 Å². The van der Waals surface area contributed by atoms with Gasteiger partial charge in [-0.05, 0) is 19.1 Å². The molecular formula is C6H12O2S. The lowest BCUT2D eigenvalue weighted by molar-refractivity contribution is 0.0324. The fourth-order valence-corrected chi connectivity index (χ4v) is 1.66. The molecule has 0 bridgehead atoms. The molecule has 0 spiro atoms. The number of aliphatic hydroxyl groups excluding tert-OH is 1. The van der Waals surface area contributed by atoms with Gasteiger partial charge in [0.05, 0.1) is 12.7 Å². The average Bonchev–Trinajstić information content (AvgIpc) is 1.97. The Balaban J connectivity index is 2.25. The normalized spacial score (nSPS) is 38.0. The summed E-state index contributed by atoms with van der Waals surface area (Å²) in [4.78, 5) is 0. The molecule has 1 aliphatic rings. The molecule has 0 radical (unpaired) electrons. The van der Waals surface area contributed by atoms with Crippen LogP contribution in [-0.4, -0.2) is 29.0 Å². The van der Waals surface area contributed by atoms with Gasteiger partial charge in [0.1, 0.15) is 5.44 Å². The molecule has 1 rings (SSSR count). The second kappa shape index (κ2) is 3.44. The minimum absolute atomic E-state index is 0.296. The minimum Gasteiger partial charge on any atom is -0.380 e. The van der Waals surface area contributed by atoms with E-state index in [1.807, 2.05) is 6.92 Å². The molecule has 1 aliphatic heterocycles. The van der Waals surface area contributed by atoms with Crippen LogP contribution in [0, 0.1) is 0 Å². The summed E-state index contributed by atoms with van der Waals surface area (Å²) in [6.07, 6.45) is 1.39. The molecule has 9 heavy (non-hydrogen) atoms. The number of hydrogen-bond acceptors (Lipinski definition) is 3. The molecule has 1 N–H and O–H groups in total. The topological polar surface area (TPSA) is 29.5 Å². The Morgan fingerprint density at radius 3 is 3.22 bits per heavy atom. The molecule has 0 amide bonds.